The molecule has 43 heavy (non-hydrogen) atoms. The molecule has 0 radical (unpaired) electrons. The van der Waals surface area contributed by atoms with Crippen LogP contribution in [0, 0.1) is 0 Å². The molecule has 1 saturated heterocycles. The lowest BCUT2D eigenvalue weighted by Crippen LogP contribution is -2.49. The lowest BCUT2D eigenvalue weighted by atomic mass is 9.64. The summed E-state index contributed by atoms with van der Waals surface area (Å²) in [4.78, 5) is 27.5. The zero-order valence-electron chi connectivity index (χ0n) is 24.1. The van der Waals surface area contributed by atoms with Gasteiger partial charge in [0.1, 0.15) is 6.10 Å². The van der Waals surface area contributed by atoms with E-state index in [9.17, 15) is 14.7 Å². The van der Waals surface area contributed by atoms with Crippen molar-refractivity contribution >= 4 is 23.3 Å². The fraction of sp³-hybridized carbons (Fsp3) is 0.222. The zero-order valence-corrected chi connectivity index (χ0v) is 24.1. The van der Waals surface area contributed by atoms with Gasteiger partial charge in [-0.15, -0.1) is 0 Å². The molecule has 0 spiro atoms. The topological polar surface area (TPSA) is 82.1 Å². The van der Waals surface area contributed by atoms with Crippen molar-refractivity contribution in [2.45, 2.75) is 24.5 Å². The Morgan fingerprint density at radius 3 is 1.88 bits per heavy atom. The first kappa shape index (κ1) is 28.4. The SMILES string of the molecule is CC(=O)NC[C@H]1CN(c2ccc(C3=C[C@@H](C(c4ccccc4)(c4ccccc4)c4ccccc4)N(CO)C3)cc2)C(=O)O1. The van der Waals surface area contributed by atoms with Gasteiger partial charge in [0.25, 0.3) is 0 Å². The maximum absolute atomic E-state index is 12.6. The van der Waals surface area contributed by atoms with Gasteiger partial charge in [0.15, 0.2) is 0 Å². The summed E-state index contributed by atoms with van der Waals surface area (Å²) in [6, 6.07) is 39.3. The van der Waals surface area contributed by atoms with Gasteiger partial charge in [0.05, 0.1) is 25.2 Å². The van der Waals surface area contributed by atoms with Crippen LogP contribution in [0.2, 0.25) is 0 Å². The number of aliphatic hydroxyl groups excluding tert-OH is 1. The van der Waals surface area contributed by atoms with Crippen LogP contribution in [0.5, 0.6) is 0 Å². The summed E-state index contributed by atoms with van der Waals surface area (Å²) in [5.41, 5.74) is 5.71. The molecule has 2 aliphatic heterocycles. The minimum atomic E-state index is -0.587. The van der Waals surface area contributed by atoms with Crippen LogP contribution < -0.4 is 10.2 Å². The number of nitrogens with zero attached hydrogens (tertiary/aromatic N) is 2. The highest BCUT2D eigenvalue weighted by Crippen LogP contribution is 2.47. The van der Waals surface area contributed by atoms with Gasteiger partial charge in [-0.1, -0.05) is 109 Å². The summed E-state index contributed by atoms with van der Waals surface area (Å²) in [6.07, 6.45) is 1.47. The number of amides is 2. The third kappa shape index (κ3) is 5.45. The van der Waals surface area contributed by atoms with E-state index in [4.69, 9.17) is 4.74 Å². The molecule has 4 aromatic carbocycles. The predicted molar refractivity (Wildman–Crippen MR) is 168 cm³/mol. The quantitative estimate of drug-likeness (QED) is 0.269. The van der Waals surface area contributed by atoms with Crippen molar-refractivity contribution in [1.82, 2.24) is 10.2 Å². The Hall–Kier alpha value is -4.72. The lowest BCUT2D eigenvalue weighted by Gasteiger charge is -2.44. The Kier molecular flexibility index (Phi) is 8.09. The number of nitrogens with one attached hydrogen (secondary N) is 1. The molecule has 2 heterocycles. The van der Waals surface area contributed by atoms with Gasteiger partial charge in [-0.2, -0.15) is 0 Å². The number of cyclic esters (lactones) is 1. The van der Waals surface area contributed by atoms with Crippen molar-refractivity contribution in [3.63, 3.8) is 0 Å². The minimum Gasteiger partial charge on any atom is -0.442 e. The molecule has 4 aromatic rings. The second kappa shape index (κ2) is 12.3. The van der Waals surface area contributed by atoms with E-state index in [0.29, 0.717) is 13.1 Å². The van der Waals surface area contributed by atoms with Crippen molar-refractivity contribution in [3.05, 3.63) is 144 Å². The molecule has 2 atom stereocenters. The number of carbonyl (C=O) groups is 2. The second-order valence-electron chi connectivity index (χ2n) is 11.0. The van der Waals surface area contributed by atoms with Gasteiger partial charge in [0, 0.05) is 25.2 Å². The zero-order chi connectivity index (χ0) is 29.8. The minimum absolute atomic E-state index is 0.105. The van der Waals surface area contributed by atoms with Crippen LogP contribution in [0.15, 0.2) is 121 Å². The van der Waals surface area contributed by atoms with Gasteiger partial charge in [0.2, 0.25) is 5.91 Å². The number of ether oxygens (including phenoxy) is 1. The van der Waals surface area contributed by atoms with Crippen LogP contribution >= 0.6 is 0 Å². The van der Waals surface area contributed by atoms with Crippen molar-refractivity contribution < 1.29 is 19.4 Å². The Labute approximate surface area is 252 Å². The Morgan fingerprint density at radius 1 is 0.860 bits per heavy atom. The number of aliphatic hydroxyl groups is 1. The summed E-state index contributed by atoms with van der Waals surface area (Å²) < 4.78 is 5.44. The van der Waals surface area contributed by atoms with E-state index >= 15 is 0 Å². The van der Waals surface area contributed by atoms with E-state index in [2.05, 4.69) is 89.1 Å². The third-order valence-corrected chi connectivity index (χ3v) is 8.44. The number of benzene rings is 4. The maximum atomic E-state index is 12.6. The number of hydrogen-bond acceptors (Lipinski definition) is 5. The normalized spacial score (nSPS) is 18.8. The fourth-order valence-corrected chi connectivity index (χ4v) is 6.46. The van der Waals surface area contributed by atoms with Gasteiger partial charge >= 0.3 is 6.09 Å². The van der Waals surface area contributed by atoms with Gasteiger partial charge in [-0.3, -0.25) is 14.6 Å². The third-order valence-electron chi connectivity index (χ3n) is 8.44. The molecule has 0 aliphatic carbocycles. The Balaban J connectivity index is 1.38. The largest absolute Gasteiger partial charge is 0.442 e. The molecule has 0 unspecified atom stereocenters. The molecule has 0 aromatic heterocycles. The van der Waals surface area contributed by atoms with E-state index in [1.807, 2.05) is 42.5 Å². The average Bonchev–Trinajstić information content (AvgIpc) is 3.66. The molecule has 1 fully saturated rings. The van der Waals surface area contributed by atoms with Crippen molar-refractivity contribution in [2.24, 2.45) is 0 Å². The molecular weight excluding hydrogens is 538 g/mol. The molecular formula is C36H35N3O4. The highest BCUT2D eigenvalue weighted by Gasteiger charge is 2.47. The molecule has 2 aliphatic rings. The number of anilines is 1. The lowest BCUT2D eigenvalue weighted by molar-refractivity contribution is -0.119. The standard InChI is InChI=1S/C36H35N3O4/c1-26(41)37-22-33-24-39(35(42)43-33)32-19-17-27(18-20-32)28-21-34(38(23-28)25-40)36(29-11-5-2-6-12-29,30-13-7-3-8-14-30)31-15-9-4-10-16-31/h2-21,33-34,40H,22-25H2,1H3,(H,37,41)/t33-,34-/m0/s1. The highest BCUT2D eigenvalue weighted by molar-refractivity contribution is 5.90. The molecule has 2 amide bonds. The summed E-state index contributed by atoms with van der Waals surface area (Å²) in [5.74, 6) is -0.158. The van der Waals surface area contributed by atoms with Crippen LogP contribution in [-0.2, 0) is 14.9 Å². The molecule has 0 bridgehead atoms. The van der Waals surface area contributed by atoms with Gasteiger partial charge in [-0.05, 0) is 40.0 Å². The summed E-state index contributed by atoms with van der Waals surface area (Å²) in [7, 11) is 0. The van der Waals surface area contributed by atoms with Crippen molar-refractivity contribution in [3.8, 4) is 0 Å². The maximum Gasteiger partial charge on any atom is 0.414 e. The number of carbonyl (C=O) groups excluding carboxylic acids is 2. The molecule has 7 nitrogen and oxygen atoms in total. The van der Waals surface area contributed by atoms with E-state index in [-0.39, 0.29) is 25.2 Å². The van der Waals surface area contributed by atoms with E-state index in [1.54, 1.807) is 4.90 Å². The number of hydrogen-bond donors (Lipinski definition) is 2. The van der Waals surface area contributed by atoms with Crippen LogP contribution in [0.1, 0.15) is 29.2 Å². The van der Waals surface area contributed by atoms with E-state index in [0.717, 1.165) is 33.5 Å². The predicted octanol–water partition coefficient (Wildman–Crippen LogP) is 5.20. The van der Waals surface area contributed by atoms with E-state index in [1.165, 1.54) is 6.92 Å². The number of rotatable bonds is 9. The van der Waals surface area contributed by atoms with E-state index < -0.39 is 17.6 Å². The van der Waals surface area contributed by atoms with Gasteiger partial charge < -0.3 is 15.2 Å². The highest BCUT2D eigenvalue weighted by atomic mass is 16.6. The molecule has 0 saturated carbocycles. The first-order valence-electron chi connectivity index (χ1n) is 14.6. The molecule has 6 rings (SSSR count). The second-order valence-corrected chi connectivity index (χ2v) is 11.0. The van der Waals surface area contributed by atoms with Crippen LogP contribution in [-0.4, -0.2) is 60.5 Å². The van der Waals surface area contributed by atoms with Gasteiger partial charge in [-0.25, -0.2) is 4.79 Å². The van der Waals surface area contributed by atoms with Crippen molar-refractivity contribution in [1.29, 1.82) is 0 Å². The first-order chi connectivity index (χ1) is 21.0. The summed E-state index contributed by atoms with van der Waals surface area (Å²) >= 11 is 0. The Bertz CT molecular complexity index is 1490. The van der Waals surface area contributed by atoms with Crippen LogP contribution in [0.4, 0.5) is 10.5 Å². The summed E-state index contributed by atoms with van der Waals surface area (Å²) in [5, 5.41) is 13.4. The monoisotopic (exact) mass is 573 g/mol. The first-order valence-corrected chi connectivity index (χ1v) is 14.6. The smallest absolute Gasteiger partial charge is 0.414 e. The fourth-order valence-electron chi connectivity index (χ4n) is 6.46. The summed E-state index contributed by atoms with van der Waals surface area (Å²) in [6.45, 7) is 2.56. The average molecular weight is 574 g/mol. The van der Waals surface area contributed by atoms with Crippen LogP contribution in [0.25, 0.3) is 5.57 Å². The molecule has 218 valence electrons. The molecule has 7 heteroatoms. The van der Waals surface area contributed by atoms with Crippen molar-refractivity contribution in [2.75, 3.05) is 31.3 Å². The Morgan fingerprint density at radius 2 is 1.40 bits per heavy atom. The van der Waals surface area contributed by atoms with Crippen LogP contribution in [0.3, 0.4) is 0 Å². The molecule has 2 N–H and O–H groups in total.